The molecule has 31 heavy (non-hydrogen) atoms. The summed E-state index contributed by atoms with van der Waals surface area (Å²) in [6.45, 7) is 0.495. The zero-order valence-corrected chi connectivity index (χ0v) is 18.4. The van der Waals surface area contributed by atoms with E-state index in [2.05, 4.69) is 5.10 Å². The highest BCUT2D eigenvalue weighted by Crippen LogP contribution is 2.31. The molecule has 1 aromatic heterocycles. The van der Waals surface area contributed by atoms with E-state index in [0.29, 0.717) is 27.0 Å². The van der Waals surface area contributed by atoms with Crippen LogP contribution in [0.25, 0.3) is 11.3 Å². The molecule has 0 saturated heterocycles. The molecular weight excluding hydrogens is 453 g/mol. The van der Waals surface area contributed by atoms with Crippen molar-refractivity contribution in [1.29, 1.82) is 0 Å². The van der Waals surface area contributed by atoms with Gasteiger partial charge in [0.05, 0.1) is 23.5 Å². The van der Waals surface area contributed by atoms with Crippen LogP contribution in [0.2, 0.25) is 10.0 Å². The average Bonchev–Trinajstić information content (AvgIpc) is 3.15. The van der Waals surface area contributed by atoms with Gasteiger partial charge in [0.1, 0.15) is 11.5 Å². The molecule has 0 unspecified atom stereocenters. The van der Waals surface area contributed by atoms with Gasteiger partial charge in [-0.1, -0.05) is 53.5 Å². The van der Waals surface area contributed by atoms with Gasteiger partial charge in [-0.15, -0.1) is 11.3 Å². The number of halogens is 2. The lowest BCUT2D eigenvalue weighted by atomic mass is 10.2. The van der Waals surface area contributed by atoms with Gasteiger partial charge in [0, 0.05) is 27.6 Å². The van der Waals surface area contributed by atoms with E-state index >= 15 is 0 Å². The Morgan fingerprint density at radius 2 is 1.77 bits per heavy atom. The van der Waals surface area contributed by atoms with Crippen LogP contribution in [0.4, 0.5) is 0 Å². The summed E-state index contributed by atoms with van der Waals surface area (Å²) in [6.07, 6.45) is 1.51. The van der Waals surface area contributed by atoms with Crippen molar-refractivity contribution in [2.75, 3.05) is 0 Å². The summed E-state index contributed by atoms with van der Waals surface area (Å²) in [5.74, 6) is -0.0987. The molecule has 0 fully saturated rings. The fourth-order valence-electron chi connectivity index (χ4n) is 2.91. The second-order valence-electron chi connectivity index (χ2n) is 6.63. The van der Waals surface area contributed by atoms with Crippen LogP contribution < -0.4 is 4.80 Å². The molecule has 2 N–H and O–H groups in total. The van der Waals surface area contributed by atoms with Crippen molar-refractivity contribution < 1.29 is 10.2 Å². The van der Waals surface area contributed by atoms with Gasteiger partial charge in [-0.3, -0.25) is 4.99 Å². The lowest BCUT2D eigenvalue weighted by molar-refractivity contribution is 0.450. The number of aromatic hydroxyl groups is 2. The van der Waals surface area contributed by atoms with E-state index in [9.17, 15) is 10.2 Å². The molecule has 4 aromatic rings. The molecule has 3 aromatic carbocycles. The van der Waals surface area contributed by atoms with Crippen molar-refractivity contribution in [3.05, 3.63) is 98.1 Å². The van der Waals surface area contributed by atoms with Crippen LogP contribution >= 0.6 is 34.5 Å². The maximum Gasteiger partial charge on any atom is 0.206 e. The third kappa shape index (κ3) is 4.99. The number of hydrogen-bond acceptors (Lipinski definition) is 5. The molecule has 8 heteroatoms. The van der Waals surface area contributed by atoms with E-state index < -0.39 is 0 Å². The molecule has 0 aliphatic rings. The largest absolute Gasteiger partial charge is 0.508 e. The number of aromatic nitrogens is 1. The van der Waals surface area contributed by atoms with Crippen molar-refractivity contribution >= 4 is 40.8 Å². The SMILES string of the molecule is Oc1ccc(C=Nn2c(-c3ccc(Cl)cc3Cl)csc2=NCc2ccccc2)c(O)c1. The molecule has 0 amide bonds. The second kappa shape index (κ2) is 9.39. The molecule has 156 valence electrons. The summed E-state index contributed by atoms with van der Waals surface area (Å²) in [5, 5.41) is 27.1. The van der Waals surface area contributed by atoms with Gasteiger partial charge in [-0.25, -0.2) is 4.68 Å². The predicted molar refractivity (Wildman–Crippen MR) is 126 cm³/mol. The summed E-state index contributed by atoms with van der Waals surface area (Å²) in [4.78, 5) is 5.38. The first kappa shape index (κ1) is 21.2. The Morgan fingerprint density at radius 1 is 0.968 bits per heavy atom. The molecule has 0 atom stereocenters. The van der Waals surface area contributed by atoms with Crippen molar-refractivity contribution in [2.24, 2.45) is 10.1 Å². The number of phenols is 2. The summed E-state index contributed by atoms with van der Waals surface area (Å²) >= 11 is 13.9. The van der Waals surface area contributed by atoms with Crippen LogP contribution in [0.15, 0.2) is 82.2 Å². The third-order valence-electron chi connectivity index (χ3n) is 4.46. The predicted octanol–water partition coefficient (Wildman–Crippen LogP) is 5.92. The van der Waals surface area contributed by atoms with Gasteiger partial charge < -0.3 is 10.2 Å². The molecule has 0 saturated carbocycles. The number of thiazole rings is 1. The Balaban J connectivity index is 1.80. The Bertz CT molecular complexity index is 1310. The van der Waals surface area contributed by atoms with Crippen molar-refractivity contribution in [1.82, 2.24) is 4.68 Å². The van der Waals surface area contributed by atoms with Crippen molar-refractivity contribution in [2.45, 2.75) is 6.54 Å². The van der Waals surface area contributed by atoms with E-state index in [1.165, 1.54) is 29.7 Å². The van der Waals surface area contributed by atoms with Crippen LogP contribution in [0.1, 0.15) is 11.1 Å². The van der Waals surface area contributed by atoms with E-state index in [4.69, 9.17) is 28.2 Å². The van der Waals surface area contributed by atoms with E-state index in [-0.39, 0.29) is 11.5 Å². The fourth-order valence-corrected chi connectivity index (χ4v) is 4.24. The summed E-state index contributed by atoms with van der Waals surface area (Å²) in [5.41, 5.74) is 3.04. The Morgan fingerprint density at radius 3 is 2.52 bits per heavy atom. The quantitative estimate of drug-likeness (QED) is 0.356. The normalized spacial score (nSPS) is 12.0. The highest BCUT2D eigenvalue weighted by atomic mass is 35.5. The van der Waals surface area contributed by atoms with Crippen LogP contribution in [-0.4, -0.2) is 21.1 Å². The van der Waals surface area contributed by atoms with Gasteiger partial charge >= 0.3 is 0 Å². The lowest BCUT2D eigenvalue weighted by Gasteiger charge is -2.07. The fraction of sp³-hybridized carbons (Fsp3) is 0.0435. The molecule has 0 spiro atoms. The van der Waals surface area contributed by atoms with E-state index in [1.807, 2.05) is 41.8 Å². The number of phenolic OH excluding ortho intramolecular Hbond substituents is 2. The Labute approximate surface area is 192 Å². The number of hydrogen-bond donors (Lipinski definition) is 2. The van der Waals surface area contributed by atoms with Crippen molar-refractivity contribution in [3.63, 3.8) is 0 Å². The summed E-state index contributed by atoms with van der Waals surface area (Å²) in [7, 11) is 0. The standard InChI is InChI=1S/C23H17Cl2N3O2S/c24-17-7-9-19(20(25)10-17)21-14-31-23(26-12-15-4-2-1-3-5-15)28(21)27-13-16-6-8-18(29)11-22(16)30/h1-11,13-14,29-30H,12H2. The van der Waals surface area contributed by atoms with Crippen LogP contribution in [-0.2, 0) is 6.54 Å². The van der Waals surface area contributed by atoms with E-state index in [1.54, 1.807) is 22.9 Å². The zero-order chi connectivity index (χ0) is 21.8. The first-order chi connectivity index (χ1) is 15.0. The minimum Gasteiger partial charge on any atom is -0.508 e. The molecule has 0 aliphatic heterocycles. The van der Waals surface area contributed by atoms with Gasteiger partial charge in [0.25, 0.3) is 0 Å². The number of rotatable bonds is 5. The summed E-state index contributed by atoms with van der Waals surface area (Å²) < 4.78 is 1.68. The van der Waals surface area contributed by atoms with Crippen LogP contribution in [0.3, 0.4) is 0 Å². The number of benzene rings is 3. The number of nitrogens with zero attached hydrogens (tertiary/aromatic N) is 3. The molecule has 0 bridgehead atoms. The zero-order valence-electron chi connectivity index (χ0n) is 16.1. The van der Waals surface area contributed by atoms with Crippen LogP contribution in [0, 0.1) is 0 Å². The van der Waals surface area contributed by atoms with Gasteiger partial charge in [-0.2, -0.15) is 5.10 Å². The monoisotopic (exact) mass is 469 g/mol. The molecule has 4 rings (SSSR count). The van der Waals surface area contributed by atoms with Crippen molar-refractivity contribution in [3.8, 4) is 22.8 Å². The average molecular weight is 470 g/mol. The summed E-state index contributed by atoms with van der Waals surface area (Å²) in [6, 6.07) is 19.5. The minimum absolute atomic E-state index is 0.0231. The topological polar surface area (TPSA) is 70.1 Å². The smallest absolute Gasteiger partial charge is 0.206 e. The third-order valence-corrected chi connectivity index (χ3v) is 5.86. The maximum absolute atomic E-state index is 10.1. The minimum atomic E-state index is -0.0755. The van der Waals surface area contributed by atoms with Gasteiger partial charge in [0.15, 0.2) is 0 Å². The highest BCUT2D eigenvalue weighted by molar-refractivity contribution is 7.07. The maximum atomic E-state index is 10.1. The van der Waals surface area contributed by atoms with Gasteiger partial charge in [0.2, 0.25) is 4.80 Å². The molecule has 5 nitrogen and oxygen atoms in total. The molecular formula is C23H17Cl2N3O2S. The van der Waals surface area contributed by atoms with E-state index in [0.717, 1.165) is 16.8 Å². The molecule has 0 radical (unpaired) electrons. The molecule has 0 aliphatic carbocycles. The first-order valence-corrected chi connectivity index (χ1v) is 10.9. The molecule has 1 heterocycles. The lowest BCUT2D eigenvalue weighted by Crippen LogP contribution is -2.12. The Kier molecular flexibility index (Phi) is 6.42. The van der Waals surface area contributed by atoms with Gasteiger partial charge in [-0.05, 0) is 35.9 Å². The second-order valence-corrected chi connectivity index (χ2v) is 8.31. The van der Waals surface area contributed by atoms with Crippen LogP contribution in [0.5, 0.6) is 11.5 Å². The highest BCUT2D eigenvalue weighted by Gasteiger charge is 2.12. The first-order valence-electron chi connectivity index (χ1n) is 9.28. The Hall–Kier alpha value is -3.06.